The zero-order chi connectivity index (χ0) is 21.5. The van der Waals surface area contributed by atoms with E-state index in [0.29, 0.717) is 37.5 Å². The molecule has 0 spiro atoms. The number of rotatable bonds is 12. The van der Waals surface area contributed by atoms with Crippen molar-refractivity contribution >= 4 is 33.2 Å². The van der Waals surface area contributed by atoms with Crippen LogP contribution in [0.1, 0.15) is 71.5 Å². The number of fused-ring (bicyclic) bond motifs is 3. The molecule has 3 rings (SSSR count). The number of aromatic nitrogens is 4. The van der Waals surface area contributed by atoms with Crippen LogP contribution < -0.4 is 10.9 Å². The quantitative estimate of drug-likeness (QED) is 0.467. The van der Waals surface area contributed by atoms with Gasteiger partial charge >= 0.3 is 0 Å². The summed E-state index contributed by atoms with van der Waals surface area (Å²) in [6.45, 7) is 7.81. The van der Waals surface area contributed by atoms with Gasteiger partial charge in [0.05, 0.1) is 5.52 Å². The summed E-state index contributed by atoms with van der Waals surface area (Å²) in [4.78, 5) is 25.0. The summed E-state index contributed by atoms with van der Waals surface area (Å²) < 4.78 is 4.43. The summed E-state index contributed by atoms with van der Waals surface area (Å²) >= 11 is 1.45. The summed E-state index contributed by atoms with van der Waals surface area (Å²) in [5, 5.41) is 13.7. The highest BCUT2D eigenvalue weighted by molar-refractivity contribution is 7.17. The number of carbonyl (C=O) groups excluding carboxylic acids is 1. The average Bonchev–Trinajstić information content (AvgIpc) is 3.38. The van der Waals surface area contributed by atoms with Crippen LogP contribution in [0.3, 0.4) is 0 Å². The van der Waals surface area contributed by atoms with E-state index in [2.05, 4.69) is 29.4 Å². The van der Waals surface area contributed by atoms with E-state index < -0.39 is 0 Å². The Balaban J connectivity index is 1.66. The zero-order valence-corrected chi connectivity index (χ0v) is 19.1. The topological polar surface area (TPSA) is 81.3 Å². The summed E-state index contributed by atoms with van der Waals surface area (Å²) in [6.07, 6.45) is 7.37. The fourth-order valence-corrected chi connectivity index (χ4v) is 4.69. The molecule has 164 valence electrons. The molecular weight excluding hydrogens is 398 g/mol. The van der Waals surface area contributed by atoms with Crippen LogP contribution in [0.15, 0.2) is 16.2 Å². The molecule has 8 heteroatoms. The summed E-state index contributed by atoms with van der Waals surface area (Å²) in [5.41, 5.74) is 0.861. The summed E-state index contributed by atoms with van der Waals surface area (Å²) in [5.74, 6) is 2.06. The molecule has 0 saturated carbocycles. The van der Waals surface area contributed by atoms with Gasteiger partial charge in [-0.15, -0.1) is 21.5 Å². The predicted molar refractivity (Wildman–Crippen MR) is 122 cm³/mol. The Labute approximate surface area is 181 Å². The molecule has 0 unspecified atom stereocenters. The molecule has 7 nitrogen and oxygen atoms in total. The second-order valence-electron chi connectivity index (χ2n) is 7.92. The van der Waals surface area contributed by atoms with Gasteiger partial charge in [-0.25, -0.2) is 0 Å². The van der Waals surface area contributed by atoms with Crippen LogP contribution in [-0.2, 0) is 17.8 Å². The van der Waals surface area contributed by atoms with E-state index in [9.17, 15) is 9.59 Å². The molecular formula is C22H33N5O2S. The Morgan fingerprint density at radius 2 is 2.03 bits per heavy atom. The Hall–Kier alpha value is -2.22. The number of nitrogens with zero attached hydrogens (tertiary/aromatic N) is 4. The summed E-state index contributed by atoms with van der Waals surface area (Å²) in [7, 11) is 0. The minimum atomic E-state index is 0.00114. The maximum absolute atomic E-state index is 12.8. The van der Waals surface area contributed by atoms with Crippen LogP contribution in [-0.4, -0.2) is 31.6 Å². The molecule has 0 aliphatic heterocycles. The predicted octanol–water partition coefficient (Wildman–Crippen LogP) is 4.17. The number of thiophene rings is 1. The number of carbonyl (C=O) groups is 1. The van der Waals surface area contributed by atoms with Gasteiger partial charge in [-0.1, -0.05) is 40.0 Å². The molecule has 1 atom stereocenters. The Morgan fingerprint density at radius 1 is 1.20 bits per heavy atom. The third-order valence-corrected chi connectivity index (χ3v) is 6.55. The van der Waals surface area contributed by atoms with E-state index in [4.69, 9.17) is 0 Å². The second kappa shape index (κ2) is 10.7. The van der Waals surface area contributed by atoms with Crippen molar-refractivity contribution in [1.29, 1.82) is 0 Å². The van der Waals surface area contributed by atoms with Gasteiger partial charge in [0.25, 0.3) is 5.56 Å². The maximum atomic E-state index is 12.8. The van der Waals surface area contributed by atoms with Crippen LogP contribution >= 0.6 is 11.3 Å². The molecule has 0 aliphatic carbocycles. The summed E-state index contributed by atoms with van der Waals surface area (Å²) in [6, 6.07) is 1.95. The van der Waals surface area contributed by atoms with E-state index in [1.807, 2.05) is 22.8 Å². The molecule has 0 aliphatic rings. The smallest absolute Gasteiger partial charge is 0.272 e. The van der Waals surface area contributed by atoms with Crippen molar-refractivity contribution in [3.63, 3.8) is 0 Å². The van der Waals surface area contributed by atoms with Crippen molar-refractivity contribution in [2.24, 2.45) is 5.92 Å². The minimum Gasteiger partial charge on any atom is -0.356 e. The molecule has 0 radical (unpaired) electrons. The van der Waals surface area contributed by atoms with Crippen LogP contribution in [0.25, 0.3) is 16.0 Å². The second-order valence-corrected chi connectivity index (χ2v) is 8.83. The normalized spacial score (nSPS) is 12.6. The fraction of sp³-hybridized carbons (Fsp3) is 0.636. The van der Waals surface area contributed by atoms with E-state index >= 15 is 0 Å². The fourth-order valence-electron chi connectivity index (χ4n) is 3.86. The Bertz CT molecular complexity index is 1040. The monoisotopic (exact) mass is 431 g/mol. The number of aryl methyl sites for hydroxylation is 2. The van der Waals surface area contributed by atoms with Gasteiger partial charge in [0.15, 0.2) is 0 Å². The Morgan fingerprint density at radius 3 is 2.77 bits per heavy atom. The molecule has 0 saturated heterocycles. The van der Waals surface area contributed by atoms with Crippen molar-refractivity contribution in [1.82, 2.24) is 24.5 Å². The Kier molecular flexibility index (Phi) is 8.01. The van der Waals surface area contributed by atoms with Gasteiger partial charge in [0, 0.05) is 25.9 Å². The molecule has 3 aromatic rings. The number of unbranched alkanes of at least 4 members (excludes halogenated alkanes) is 1. The van der Waals surface area contributed by atoms with Crippen molar-refractivity contribution < 1.29 is 4.79 Å². The molecule has 1 N–H and O–H groups in total. The van der Waals surface area contributed by atoms with Gasteiger partial charge in [-0.05, 0) is 36.6 Å². The zero-order valence-electron chi connectivity index (χ0n) is 18.3. The third-order valence-electron chi connectivity index (χ3n) is 5.66. The van der Waals surface area contributed by atoms with Gasteiger partial charge in [0.1, 0.15) is 10.5 Å². The van der Waals surface area contributed by atoms with Crippen LogP contribution in [0.4, 0.5) is 0 Å². The van der Waals surface area contributed by atoms with Crippen molar-refractivity contribution in [3.8, 4) is 0 Å². The van der Waals surface area contributed by atoms with Crippen LogP contribution in [0.2, 0.25) is 0 Å². The molecule has 0 fully saturated rings. The first-order chi connectivity index (χ1) is 14.6. The van der Waals surface area contributed by atoms with E-state index in [1.54, 1.807) is 4.57 Å². The number of hydrogen-bond acceptors (Lipinski definition) is 5. The van der Waals surface area contributed by atoms with Gasteiger partial charge in [-0.3, -0.25) is 18.6 Å². The van der Waals surface area contributed by atoms with Crippen LogP contribution in [0, 0.1) is 5.92 Å². The SMILES string of the molecule is CCCC[C@H](CC)CNC(=O)CCCc1nnc2n(CCC)c(=O)c3sccc3n12. The first-order valence-electron chi connectivity index (χ1n) is 11.2. The molecule has 3 heterocycles. The van der Waals surface area contributed by atoms with Crippen molar-refractivity contribution in [2.45, 2.75) is 78.7 Å². The average molecular weight is 432 g/mol. The lowest BCUT2D eigenvalue weighted by molar-refractivity contribution is -0.121. The largest absolute Gasteiger partial charge is 0.356 e. The standard InChI is InChI=1S/C22H33N5O2S/c1-4-7-9-16(6-3)15-23-19(28)11-8-10-18-24-25-22-26(13-5-2)21(29)20-17(27(18)22)12-14-30-20/h12,14,16H,4-11,13,15H2,1-3H3,(H,23,28)/t16-/m0/s1. The highest BCUT2D eigenvalue weighted by atomic mass is 32.1. The van der Waals surface area contributed by atoms with E-state index in [1.165, 1.54) is 30.6 Å². The molecule has 30 heavy (non-hydrogen) atoms. The van der Waals surface area contributed by atoms with E-state index in [0.717, 1.165) is 35.4 Å². The van der Waals surface area contributed by atoms with Gasteiger partial charge in [0.2, 0.25) is 11.7 Å². The van der Waals surface area contributed by atoms with E-state index in [-0.39, 0.29) is 11.5 Å². The highest BCUT2D eigenvalue weighted by Crippen LogP contribution is 2.20. The van der Waals surface area contributed by atoms with Crippen molar-refractivity contribution in [2.75, 3.05) is 6.54 Å². The molecule has 3 aromatic heterocycles. The minimum absolute atomic E-state index is 0.00114. The first-order valence-corrected chi connectivity index (χ1v) is 12.1. The first kappa shape index (κ1) is 22.5. The van der Waals surface area contributed by atoms with Crippen LogP contribution in [0.5, 0.6) is 0 Å². The van der Waals surface area contributed by atoms with Gasteiger partial charge in [-0.2, -0.15) is 0 Å². The van der Waals surface area contributed by atoms with Crippen molar-refractivity contribution in [3.05, 3.63) is 27.6 Å². The highest BCUT2D eigenvalue weighted by Gasteiger charge is 2.17. The molecule has 0 bridgehead atoms. The lowest BCUT2D eigenvalue weighted by atomic mass is 9.99. The third kappa shape index (κ3) is 4.91. The lowest BCUT2D eigenvalue weighted by Crippen LogP contribution is -2.29. The molecule has 1 amide bonds. The lowest BCUT2D eigenvalue weighted by Gasteiger charge is -2.15. The van der Waals surface area contributed by atoms with Gasteiger partial charge < -0.3 is 5.32 Å². The maximum Gasteiger partial charge on any atom is 0.272 e. The number of nitrogens with one attached hydrogen (secondary N) is 1. The number of hydrogen-bond donors (Lipinski definition) is 1. The number of amides is 1. The molecule has 0 aromatic carbocycles.